The summed E-state index contributed by atoms with van der Waals surface area (Å²) >= 11 is 0. The first-order chi connectivity index (χ1) is 10.5. The molecule has 0 saturated carbocycles. The van der Waals surface area contributed by atoms with Gasteiger partial charge in [0.2, 0.25) is 5.91 Å². The van der Waals surface area contributed by atoms with E-state index in [2.05, 4.69) is 5.32 Å². The van der Waals surface area contributed by atoms with Crippen LogP contribution in [0.5, 0.6) is 0 Å². The fourth-order valence-corrected chi connectivity index (χ4v) is 2.23. The van der Waals surface area contributed by atoms with Crippen molar-refractivity contribution in [2.75, 3.05) is 45.3 Å². The molecule has 7 nitrogen and oxygen atoms in total. The summed E-state index contributed by atoms with van der Waals surface area (Å²) in [7, 11) is 1.82. The van der Waals surface area contributed by atoms with E-state index in [4.69, 9.17) is 14.6 Å². The van der Waals surface area contributed by atoms with Gasteiger partial charge in [0, 0.05) is 12.2 Å². The predicted octanol–water partition coefficient (Wildman–Crippen LogP) is 0.670. The van der Waals surface area contributed by atoms with Gasteiger partial charge < -0.3 is 19.9 Å². The van der Waals surface area contributed by atoms with Crippen molar-refractivity contribution in [1.29, 1.82) is 0 Å². The van der Waals surface area contributed by atoms with E-state index < -0.39 is 5.97 Å². The van der Waals surface area contributed by atoms with Gasteiger partial charge in [-0.05, 0) is 25.2 Å². The van der Waals surface area contributed by atoms with Gasteiger partial charge >= 0.3 is 5.97 Å². The zero-order chi connectivity index (χ0) is 15.9. The van der Waals surface area contributed by atoms with Crippen LogP contribution >= 0.6 is 0 Å². The van der Waals surface area contributed by atoms with Crippen molar-refractivity contribution in [3.63, 3.8) is 0 Å². The van der Waals surface area contributed by atoms with Crippen molar-refractivity contribution >= 4 is 17.6 Å². The molecule has 1 heterocycles. The van der Waals surface area contributed by atoms with E-state index in [0.29, 0.717) is 32.1 Å². The van der Waals surface area contributed by atoms with Gasteiger partial charge in [0.05, 0.1) is 38.0 Å². The van der Waals surface area contributed by atoms with Crippen LogP contribution in [0.2, 0.25) is 0 Å². The van der Waals surface area contributed by atoms with Gasteiger partial charge in [-0.2, -0.15) is 0 Å². The Balaban J connectivity index is 1.81. The highest BCUT2D eigenvalue weighted by atomic mass is 16.6. The van der Waals surface area contributed by atoms with Crippen LogP contribution < -0.4 is 5.32 Å². The maximum Gasteiger partial charge on any atom is 0.335 e. The molecule has 22 heavy (non-hydrogen) atoms. The predicted molar refractivity (Wildman–Crippen MR) is 80.1 cm³/mol. The first-order valence-corrected chi connectivity index (χ1v) is 7.05. The number of carbonyl (C=O) groups excluding carboxylic acids is 1. The van der Waals surface area contributed by atoms with E-state index in [1.165, 1.54) is 12.1 Å². The summed E-state index contributed by atoms with van der Waals surface area (Å²) in [5, 5.41) is 11.6. The number of amides is 1. The van der Waals surface area contributed by atoms with E-state index in [0.717, 1.165) is 0 Å². The second-order valence-electron chi connectivity index (χ2n) is 5.20. The van der Waals surface area contributed by atoms with Crippen LogP contribution in [0.15, 0.2) is 24.3 Å². The summed E-state index contributed by atoms with van der Waals surface area (Å²) in [6, 6.07) is 6.15. The van der Waals surface area contributed by atoms with E-state index in [9.17, 15) is 9.59 Å². The van der Waals surface area contributed by atoms with Gasteiger partial charge in [-0.1, -0.05) is 6.07 Å². The summed E-state index contributed by atoms with van der Waals surface area (Å²) in [6.45, 7) is 2.51. The topological polar surface area (TPSA) is 88.1 Å². The van der Waals surface area contributed by atoms with Gasteiger partial charge in [-0.25, -0.2) is 4.79 Å². The van der Waals surface area contributed by atoms with Crippen LogP contribution in [0.1, 0.15) is 10.4 Å². The quantitative estimate of drug-likeness (QED) is 0.803. The third kappa shape index (κ3) is 5.10. The minimum absolute atomic E-state index is 0.0260. The minimum Gasteiger partial charge on any atom is -0.478 e. The zero-order valence-corrected chi connectivity index (χ0v) is 12.4. The second kappa shape index (κ2) is 7.88. The SMILES string of the molecule is CN(CC(=O)Nc1cccc(C(=O)O)c1)C[C@H]1COCCO1. The Hall–Kier alpha value is -1.96. The van der Waals surface area contributed by atoms with Gasteiger partial charge in [-0.15, -0.1) is 0 Å². The number of hydrogen-bond acceptors (Lipinski definition) is 5. The highest BCUT2D eigenvalue weighted by molar-refractivity contribution is 5.94. The molecule has 120 valence electrons. The number of nitrogens with zero attached hydrogens (tertiary/aromatic N) is 1. The molecule has 0 aliphatic carbocycles. The Morgan fingerprint density at radius 1 is 1.41 bits per heavy atom. The van der Waals surface area contributed by atoms with Crippen LogP contribution in [0.4, 0.5) is 5.69 Å². The number of ether oxygens (including phenoxy) is 2. The molecular formula is C15H20N2O5. The molecule has 0 unspecified atom stereocenters. The molecule has 1 aliphatic heterocycles. The zero-order valence-electron chi connectivity index (χ0n) is 12.4. The van der Waals surface area contributed by atoms with E-state index >= 15 is 0 Å². The highest BCUT2D eigenvalue weighted by Crippen LogP contribution is 2.11. The summed E-state index contributed by atoms with van der Waals surface area (Å²) in [5.41, 5.74) is 0.606. The molecule has 2 rings (SSSR count). The molecule has 0 aromatic heterocycles. The Morgan fingerprint density at radius 3 is 2.91 bits per heavy atom. The molecular weight excluding hydrogens is 288 g/mol. The summed E-state index contributed by atoms with van der Waals surface area (Å²) in [4.78, 5) is 24.7. The number of benzene rings is 1. The summed E-state index contributed by atoms with van der Waals surface area (Å²) < 4.78 is 10.8. The van der Waals surface area contributed by atoms with Crippen LogP contribution in [-0.2, 0) is 14.3 Å². The summed E-state index contributed by atoms with van der Waals surface area (Å²) in [5.74, 6) is -1.23. The van der Waals surface area contributed by atoms with Crippen molar-refractivity contribution in [1.82, 2.24) is 4.90 Å². The molecule has 2 N–H and O–H groups in total. The lowest BCUT2D eigenvalue weighted by Gasteiger charge is -2.27. The van der Waals surface area contributed by atoms with Crippen LogP contribution in [-0.4, -0.2) is 67.9 Å². The first-order valence-electron chi connectivity index (χ1n) is 7.05. The highest BCUT2D eigenvalue weighted by Gasteiger charge is 2.17. The lowest BCUT2D eigenvalue weighted by molar-refractivity contribution is -0.119. The fourth-order valence-electron chi connectivity index (χ4n) is 2.23. The number of carboxylic acid groups (broad SMARTS) is 1. The largest absolute Gasteiger partial charge is 0.478 e. The van der Waals surface area contributed by atoms with Crippen molar-refractivity contribution < 1.29 is 24.2 Å². The standard InChI is InChI=1S/C15H20N2O5/c1-17(8-13-10-21-5-6-22-13)9-14(18)16-12-4-2-3-11(7-12)15(19)20/h2-4,7,13H,5-6,8-10H2,1H3,(H,16,18)(H,19,20)/t13-/m0/s1. The average Bonchev–Trinajstić information content (AvgIpc) is 2.48. The van der Waals surface area contributed by atoms with Crippen LogP contribution in [0, 0.1) is 0 Å². The normalized spacial score (nSPS) is 18.2. The number of nitrogens with one attached hydrogen (secondary N) is 1. The molecule has 7 heteroatoms. The number of aromatic carboxylic acids is 1. The van der Waals surface area contributed by atoms with Crippen molar-refractivity contribution in [2.24, 2.45) is 0 Å². The molecule has 1 amide bonds. The molecule has 1 saturated heterocycles. The number of likely N-dealkylation sites (N-methyl/N-ethyl adjacent to an activating group) is 1. The smallest absolute Gasteiger partial charge is 0.335 e. The Labute approximate surface area is 128 Å². The maximum atomic E-state index is 12.0. The third-order valence-corrected chi connectivity index (χ3v) is 3.21. The number of carbonyl (C=O) groups is 2. The fraction of sp³-hybridized carbons (Fsp3) is 0.467. The molecule has 1 aliphatic rings. The second-order valence-corrected chi connectivity index (χ2v) is 5.20. The van der Waals surface area contributed by atoms with Gasteiger partial charge in [0.1, 0.15) is 0 Å². The van der Waals surface area contributed by atoms with Crippen LogP contribution in [0.25, 0.3) is 0 Å². The number of rotatable bonds is 6. The lowest BCUT2D eigenvalue weighted by atomic mass is 10.2. The first kappa shape index (κ1) is 16.4. The van der Waals surface area contributed by atoms with Crippen molar-refractivity contribution in [2.45, 2.75) is 6.10 Å². The van der Waals surface area contributed by atoms with E-state index in [1.807, 2.05) is 11.9 Å². The van der Waals surface area contributed by atoms with Crippen molar-refractivity contribution in [3.8, 4) is 0 Å². The molecule has 1 fully saturated rings. The molecule has 1 atom stereocenters. The minimum atomic E-state index is -1.03. The van der Waals surface area contributed by atoms with E-state index in [-0.39, 0.29) is 24.1 Å². The molecule has 1 aromatic rings. The molecule has 0 bridgehead atoms. The average molecular weight is 308 g/mol. The summed E-state index contributed by atoms with van der Waals surface area (Å²) in [6.07, 6.45) is -0.0260. The number of hydrogen-bond donors (Lipinski definition) is 2. The molecule has 0 radical (unpaired) electrons. The number of anilines is 1. The van der Waals surface area contributed by atoms with Gasteiger partial charge in [0.25, 0.3) is 0 Å². The molecule has 0 spiro atoms. The van der Waals surface area contributed by atoms with Gasteiger partial charge in [0.15, 0.2) is 0 Å². The number of carboxylic acids is 1. The van der Waals surface area contributed by atoms with Gasteiger partial charge in [-0.3, -0.25) is 9.69 Å². The molecule has 1 aromatic carbocycles. The maximum absolute atomic E-state index is 12.0. The monoisotopic (exact) mass is 308 g/mol. The Morgan fingerprint density at radius 2 is 2.23 bits per heavy atom. The lowest BCUT2D eigenvalue weighted by Crippen LogP contribution is -2.41. The Bertz CT molecular complexity index is 528. The van der Waals surface area contributed by atoms with Crippen molar-refractivity contribution in [3.05, 3.63) is 29.8 Å². The Kier molecular flexibility index (Phi) is 5.88. The third-order valence-electron chi connectivity index (χ3n) is 3.21. The van der Waals surface area contributed by atoms with Crippen LogP contribution in [0.3, 0.4) is 0 Å². The van der Waals surface area contributed by atoms with E-state index in [1.54, 1.807) is 12.1 Å².